The van der Waals surface area contributed by atoms with Crippen LogP contribution in [0.25, 0.3) is 0 Å². The molecule has 0 spiro atoms. The number of hydrogen-bond donors (Lipinski definition) is 1. The average molecular weight is 246 g/mol. The molecule has 0 aromatic heterocycles. The van der Waals surface area contributed by atoms with E-state index in [1.165, 1.54) is 0 Å². The van der Waals surface area contributed by atoms with E-state index in [2.05, 4.69) is 13.8 Å². The summed E-state index contributed by atoms with van der Waals surface area (Å²) in [4.78, 5) is 14.4. The number of carbonyl (C=O) groups excluding carboxylic acids is 1. The maximum absolute atomic E-state index is 12.4. The van der Waals surface area contributed by atoms with E-state index in [1.807, 2.05) is 36.1 Å². The monoisotopic (exact) mass is 246 g/mol. The molecule has 0 radical (unpaired) electrons. The van der Waals surface area contributed by atoms with Crippen molar-refractivity contribution in [2.75, 3.05) is 0 Å². The quantitative estimate of drug-likeness (QED) is 0.872. The highest BCUT2D eigenvalue weighted by molar-refractivity contribution is 5.94. The van der Waals surface area contributed by atoms with Crippen molar-refractivity contribution < 1.29 is 4.79 Å². The fraction of sp³-hybridized carbons (Fsp3) is 0.533. The minimum Gasteiger partial charge on any atom is -0.333 e. The average Bonchev–Trinajstić information content (AvgIpc) is 2.68. The predicted molar refractivity (Wildman–Crippen MR) is 73.4 cm³/mol. The van der Waals surface area contributed by atoms with Crippen LogP contribution in [0.2, 0.25) is 0 Å². The van der Waals surface area contributed by atoms with E-state index < -0.39 is 0 Å². The van der Waals surface area contributed by atoms with Crippen molar-refractivity contribution in [1.29, 1.82) is 0 Å². The molecule has 0 saturated carbocycles. The molecule has 2 N–H and O–H groups in total. The fourth-order valence-electron chi connectivity index (χ4n) is 2.67. The van der Waals surface area contributed by atoms with Crippen molar-refractivity contribution >= 4 is 5.91 Å². The van der Waals surface area contributed by atoms with Gasteiger partial charge in [-0.15, -0.1) is 0 Å². The summed E-state index contributed by atoms with van der Waals surface area (Å²) in [6.45, 7) is 6.19. The van der Waals surface area contributed by atoms with E-state index in [0.29, 0.717) is 12.1 Å². The zero-order valence-electron chi connectivity index (χ0n) is 11.4. The van der Waals surface area contributed by atoms with Gasteiger partial charge >= 0.3 is 0 Å². The van der Waals surface area contributed by atoms with E-state index in [4.69, 9.17) is 5.73 Å². The lowest BCUT2D eigenvalue weighted by atomic mass is 10.1. The number of carbonyl (C=O) groups is 1. The second-order valence-electron chi connectivity index (χ2n) is 5.40. The van der Waals surface area contributed by atoms with Gasteiger partial charge in [0.25, 0.3) is 5.91 Å². The Labute approximate surface area is 109 Å². The van der Waals surface area contributed by atoms with E-state index in [0.717, 1.165) is 24.0 Å². The highest BCUT2D eigenvalue weighted by atomic mass is 16.2. The first kappa shape index (κ1) is 13.1. The molecule has 3 nitrogen and oxygen atoms in total. The Morgan fingerprint density at radius 3 is 2.17 bits per heavy atom. The summed E-state index contributed by atoms with van der Waals surface area (Å²) in [7, 11) is 0. The molecule has 1 aliphatic rings. The van der Waals surface area contributed by atoms with Gasteiger partial charge in [0, 0.05) is 23.7 Å². The summed E-state index contributed by atoms with van der Waals surface area (Å²) in [6, 6.07) is 8.38. The summed E-state index contributed by atoms with van der Waals surface area (Å²) >= 11 is 0. The molecule has 1 saturated heterocycles. The second kappa shape index (κ2) is 5.11. The first-order valence-electron chi connectivity index (χ1n) is 6.69. The van der Waals surface area contributed by atoms with Crippen molar-refractivity contribution in [2.45, 2.75) is 51.7 Å². The molecule has 3 heteroatoms. The van der Waals surface area contributed by atoms with E-state index >= 15 is 0 Å². The first-order valence-corrected chi connectivity index (χ1v) is 6.69. The molecule has 1 aromatic rings. The lowest BCUT2D eigenvalue weighted by Crippen LogP contribution is -2.38. The third-order valence-electron chi connectivity index (χ3n) is 3.87. The molecule has 18 heavy (non-hydrogen) atoms. The third kappa shape index (κ3) is 2.41. The molecule has 2 rings (SSSR count). The van der Waals surface area contributed by atoms with Crippen LogP contribution in [0.3, 0.4) is 0 Å². The highest BCUT2D eigenvalue weighted by Gasteiger charge is 2.31. The minimum absolute atomic E-state index is 0.0128. The van der Waals surface area contributed by atoms with E-state index in [1.54, 1.807) is 0 Å². The van der Waals surface area contributed by atoms with Crippen molar-refractivity contribution in [3.05, 3.63) is 35.4 Å². The van der Waals surface area contributed by atoms with Crippen LogP contribution in [0.4, 0.5) is 0 Å². The van der Waals surface area contributed by atoms with Gasteiger partial charge < -0.3 is 10.6 Å². The zero-order chi connectivity index (χ0) is 13.3. The van der Waals surface area contributed by atoms with Crippen LogP contribution >= 0.6 is 0 Å². The Hall–Kier alpha value is -1.35. The third-order valence-corrected chi connectivity index (χ3v) is 3.87. The molecular formula is C15H22N2O. The Morgan fingerprint density at radius 2 is 1.72 bits per heavy atom. The summed E-state index contributed by atoms with van der Waals surface area (Å²) in [5.74, 6) is 0.142. The largest absolute Gasteiger partial charge is 0.333 e. The Bertz CT molecular complexity index is 415. The molecular weight excluding hydrogens is 224 g/mol. The number of rotatable bonds is 2. The molecule has 1 fully saturated rings. The van der Waals surface area contributed by atoms with Crippen molar-refractivity contribution in [3.63, 3.8) is 0 Å². The highest BCUT2D eigenvalue weighted by Crippen LogP contribution is 2.25. The van der Waals surface area contributed by atoms with Crippen molar-refractivity contribution in [1.82, 2.24) is 4.90 Å². The number of nitrogens with zero attached hydrogens (tertiary/aromatic N) is 1. The fourth-order valence-corrected chi connectivity index (χ4v) is 2.67. The minimum atomic E-state index is 0.0128. The van der Waals surface area contributed by atoms with Crippen LogP contribution in [0.1, 0.15) is 55.6 Å². The molecule has 98 valence electrons. The van der Waals surface area contributed by atoms with Crippen LogP contribution in [0.5, 0.6) is 0 Å². The SMILES string of the molecule is CC1CCC(C)N1C(=O)c1ccc([C@@H](C)N)cc1. The van der Waals surface area contributed by atoms with Crippen molar-refractivity contribution in [3.8, 4) is 0 Å². The maximum Gasteiger partial charge on any atom is 0.254 e. The number of nitrogens with two attached hydrogens (primary N) is 1. The van der Waals surface area contributed by atoms with Gasteiger partial charge in [0.15, 0.2) is 0 Å². The number of amides is 1. The molecule has 1 amide bonds. The van der Waals surface area contributed by atoms with Gasteiger partial charge in [-0.3, -0.25) is 4.79 Å². The summed E-state index contributed by atoms with van der Waals surface area (Å²) < 4.78 is 0. The summed E-state index contributed by atoms with van der Waals surface area (Å²) in [5.41, 5.74) is 7.64. The van der Waals surface area contributed by atoms with Crippen LogP contribution in [0, 0.1) is 0 Å². The van der Waals surface area contributed by atoms with Crippen molar-refractivity contribution in [2.24, 2.45) is 5.73 Å². The molecule has 2 unspecified atom stereocenters. The molecule has 1 aromatic carbocycles. The molecule has 1 aliphatic heterocycles. The van der Waals surface area contributed by atoms with E-state index in [-0.39, 0.29) is 11.9 Å². The first-order chi connectivity index (χ1) is 8.50. The second-order valence-corrected chi connectivity index (χ2v) is 5.40. The van der Waals surface area contributed by atoms with Crippen LogP contribution in [-0.2, 0) is 0 Å². The molecule has 0 aliphatic carbocycles. The number of likely N-dealkylation sites (tertiary alicyclic amines) is 1. The lowest BCUT2D eigenvalue weighted by Gasteiger charge is -2.26. The summed E-state index contributed by atoms with van der Waals surface area (Å²) in [5, 5.41) is 0. The van der Waals surface area contributed by atoms with Crippen LogP contribution in [-0.4, -0.2) is 22.9 Å². The molecule has 0 bridgehead atoms. The van der Waals surface area contributed by atoms with Gasteiger partial charge in [0.1, 0.15) is 0 Å². The van der Waals surface area contributed by atoms with Gasteiger partial charge in [0.2, 0.25) is 0 Å². The van der Waals surface area contributed by atoms with Gasteiger partial charge in [-0.25, -0.2) is 0 Å². The number of benzene rings is 1. The maximum atomic E-state index is 12.4. The number of hydrogen-bond acceptors (Lipinski definition) is 2. The van der Waals surface area contributed by atoms with Crippen LogP contribution in [0.15, 0.2) is 24.3 Å². The van der Waals surface area contributed by atoms with Crippen LogP contribution < -0.4 is 5.73 Å². The Kier molecular flexibility index (Phi) is 3.71. The molecule has 1 heterocycles. The standard InChI is InChI=1S/C15H22N2O/c1-10-4-5-11(2)17(10)15(18)14-8-6-13(7-9-14)12(3)16/h6-12H,4-5,16H2,1-3H3/t10?,11?,12-/m1/s1. The Balaban J connectivity index is 2.18. The van der Waals surface area contributed by atoms with Gasteiger partial charge in [-0.1, -0.05) is 12.1 Å². The zero-order valence-corrected chi connectivity index (χ0v) is 11.4. The predicted octanol–water partition coefficient (Wildman–Crippen LogP) is 2.72. The topological polar surface area (TPSA) is 46.3 Å². The van der Waals surface area contributed by atoms with Gasteiger partial charge in [-0.05, 0) is 51.3 Å². The van der Waals surface area contributed by atoms with Gasteiger partial charge in [-0.2, -0.15) is 0 Å². The molecule has 3 atom stereocenters. The normalized spacial score (nSPS) is 25.2. The van der Waals surface area contributed by atoms with E-state index in [9.17, 15) is 4.79 Å². The van der Waals surface area contributed by atoms with Gasteiger partial charge in [0.05, 0.1) is 0 Å². The Morgan fingerprint density at radius 1 is 1.22 bits per heavy atom. The smallest absolute Gasteiger partial charge is 0.254 e. The lowest BCUT2D eigenvalue weighted by molar-refractivity contribution is 0.0693. The summed E-state index contributed by atoms with van der Waals surface area (Å²) in [6.07, 6.45) is 2.20.